The van der Waals surface area contributed by atoms with Gasteiger partial charge in [-0.15, -0.1) is 0 Å². The molecule has 5 heteroatoms. The summed E-state index contributed by atoms with van der Waals surface area (Å²) in [5, 5.41) is 0. The molecule has 0 bridgehead atoms. The summed E-state index contributed by atoms with van der Waals surface area (Å²) in [4.78, 5) is 25.4. The van der Waals surface area contributed by atoms with Crippen molar-refractivity contribution in [1.82, 2.24) is 0 Å². The molecule has 0 N–H and O–H groups in total. The fraction of sp³-hybridized carbons (Fsp3) is 0.898. The van der Waals surface area contributed by atoms with E-state index in [9.17, 15) is 9.59 Å². The molecule has 0 saturated carbocycles. The number of carbonyl (C=O) groups excluding carboxylic acids is 2. The monoisotopic (exact) mass is 901 g/mol. The van der Waals surface area contributed by atoms with Gasteiger partial charge in [0.1, 0.15) is 6.61 Å². The molecule has 378 valence electrons. The predicted octanol–water partition coefficient (Wildman–Crippen LogP) is 19.6. The third kappa shape index (κ3) is 53.0. The third-order valence-corrected chi connectivity index (χ3v) is 13.0. The summed E-state index contributed by atoms with van der Waals surface area (Å²) < 4.78 is 17.5. The Labute approximate surface area is 400 Å². The summed E-state index contributed by atoms with van der Waals surface area (Å²) in [7, 11) is 0. The van der Waals surface area contributed by atoms with Crippen LogP contribution in [0.3, 0.4) is 0 Å². The second kappa shape index (κ2) is 55.7. The van der Waals surface area contributed by atoms with Crippen molar-refractivity contribution in [3.63, 3.8) is 0 Å². The van der Waals surface area contributed by atoms with E-state index in [0.29, 0.717) is 26.1 Å². The summed E-state index contributed by atoms with van der Waals surface area (Å²) in [6, 6.07) is 0. The van der Waals surface area contributed by atoms with Gasteiger partial charge in [0, 0.05) is 19.4 Å². The molecular weight excluding hydrogens is 789 g/mol. The van der Waals surface area contributed by atoms with Gasteiger partial charge in [-0.25, -0.2) is 0 Å². The zero-order valence-corrected chi connectivity index (χ0v) is 43.6. The molecule has 0 aliphatic carbocycles. The lowest BCUT2D eigenvalue weighted by Crippen LogP contribution is -2.30. The highest BCUT2D eigenvalue weighted by atomic mass is 16.6. The molecule has 0 aromatic heterocycles. The Hall–Kier alpha value is -1.62. The van der Waals surface area contributed by atoms with E-state index in [-0.39, 0.29) is 18.5 Å². The van der Waals surface area contributed by atoms with Crippen molar-refractivity contribution in [1.29, 1.82) is 0 Å². The summed E-state index contributed by atoms with van der Waals surface area (Å²) in [5.74, 6) is -0.389. The fourth-order valence-electron chi connectivity index (χ4n) is 8.61. The Morgan fingerprint density at radius 2 is 0.625 bits per heavy atom. The van der Waals surface area contributed by atoms with Gasteiger partial charge in [-0.1, -0.05) is 263 Å². The molecule has 0 rings (SSSR count). The Balaban J connectivity index is 4.13. The highest BCUT2D eigenvalue weighted by Gasteiger charge is 2.17. The van der Waals surface area contributed by atoms with Crippen LogP contribution in [0.15, 0.2) is 24.3 Å². The van der Waals surface area contributed by atoms with E-state index in [2.05, 4.69) is 45.1 Å². The van der Waals surface area contributed by atoms with Gasteiger partial charge in [0.05, 0.1) is 6.61 Å². The van der Waals surface area contributed by atoms with Crippen LogP contribution in [0.1, 0.15) is 316 Å². The lowest BCUT2D eigenvalue weighted by atomic mass is 10.0. The van der Waals surface area contributed by atoms with E-state index < -0.39 is 6.10 Å². The average molecular weight is 902 g/mol. The van der Waals surface area contributed by atoms with Gasteiger partial charge in [-0.05, 0) is 64.2 Å². The number of carbonyl (C=O) groups is 2. The van der Waals surface area contributed by atoms with Crippen molar-refractivity contribution < 1.29 is 23.8 Å². The number of hydrogen-bond donors (Lipinski definition) is 0. The Bertz CT molecular complexity index is 974. The molecule has 0 aromatic rings. The molecule has 0 aliphatic heterocycles. The predicted molar refractivity (Wildman–Crippen MR) is 279 cm³/mol. The number of esters is 2. The van der Waals surface area contributed by atoms with Crippen LogP contribution >= 0.6 is 0 Å². The van der Waals surface area contributed by atoms with Crippen LogP contribution < -0.4 is 0 Å². The van der Waals surface area contributed by atoms with Crippen molar-refractivity contribution >= 4 is 11.9 Å². The summed E-state index contributed by atoms with van der Waals surface area (Å²) in [5.41, 5.74) is 0. The van der Waals surface area contributed by atoms with E-state index in [1.807, 2.05) is 0 Å². The SMILES string of the molecule is CCCC/C=C\CCCCCCCC(=O)O[C@H](COCCCCCCCCCCCCCCCCCC)COC(=O)CCCCCCCCCCCCC/C=C\CCCCCCCC. The molecule has 0 fully saturated rings. The largest absolute Gasteiger partial charge is 0.462 e. The smallest absolute Gasteiger partial charge is 0.306 e. The van der Waals surface area contributed by atoms with E-state index in [0.717, 1.165) is 44.9 Å². The second-order valence-electron chi connectivity index (χ2n) is 19.5. The van der Waals surface area contributed by atoms with Crippen LogP contribution in [0.25, 0.3) is 0 Å². The Morgan fingerprint density at radius 1 is 0.328 bits per heavy atom. The second-order valence-corrected chi connectivity index (χ2v) is 19.5. The maximum Gasteiger partial charge on any atom is 0.306 e. The first-order chi connectivity index (χ1) is 31.6. The maximum absolute atomic E-state index is 12.8. The molecule has 1 atom stereocenters. The van der Waals surface area contributed by atoms with Crippen LogP contribution in [0.5, 0.6) is 0 Å². The van der Waals surface area contributed by atoms with E-state index in [1.165, 1.54) is 238 Å². The molecule has 0 unspecified atom stereocenters. The van der Waals surface area contributed by atoms with Crippen molar-refractivity contribution in [2.45, 2.75) is 322 Å². The highest BCUT2D eigenvalue weighted by molar-refractivity contribution is 5.70. The van der Waals surface area contributed by atoms with Crippen LogP contribution in [-0.2, 0) is 23.8 Å². The summed E-state index contributed by atoms with van der Waals surface area (Å²) in [6.45, 7) is 7.85. The van der Waals surface area contributed by atoms with E-state index >= 15 is 0 Å². The molecular formula is C59H112O5. The van der Waals surface area contributed by atoms with Crippen LogP contribution in [-0.4, -0.2) is 37.9 Å². The number of hydrogen-bond acceptors (Lipinski definition) is 5. The number of allylic oxidation sites excluding steroid dienone is 4. The molecule has 0 aromatic carbocycles. The zero-order valence-electron chi connectivity index (χ0n) is 43.6. The Morgan fingerprint density at radius 3 is 1.00 bits per heavy atom. The van der Waals surface area contributed by atoms with Crippen molar-refractivity contribution in [3.8, 4) is 0 Å². The lowest BCUT2D eigenvalue weighted by molar-refractivity contribution is -0.163. The van der Waals surface area contributed by atoms with E-state index in [1.54, 1.807) is 0 Å². The van der Waals surface area contributed by atoms with Crippen LogP contribution in [0.4, 0.5) is 0 Å². The van der Waals surface area contributed by atoms with Crippen LogP contribution in [0.2, 0.25) is 0 Å². The number of rotatable bonds is 54. The molecule has 0 heterocycles. The first-order valence-corrected chi connectivity index (χ1v) is 28.9. The standard InChI is InChI=1S/C59H112O5/c1-4-7-10-13-16-19-22-24-26-28-29-30-31-32-33-35-38-40-43-46-49-52-58(60)63-56-57(64-59(61)53-50-47-44-41-37-21-18-15-12-9-6-3)55-62-54-51-48-45-42-39-36-34-27-25-23-20-17-14-11-8-5-2/h15,18,24,26,57H,4-14,16-17,19-23,25,27-56H2,1-3H3/b18-15-,26-24-/t57-/m1/s1. The van der Waals surface area contributed by atoms with Gasteiger partial charge in [-0.2, -0.15) is 0 Å². The summed E-state index contributed by atoms with van der Waals surface area (Å²) >= 11 is 0. The molecule has 0 radical (unpaired) electrons. The molecule has 0 amide bonds. The fourth-order valence-corrected chi connectivity index (χ4v) is 8.61. The number of unbranched alkanes of at least 4 members (excludes halogenated alkanes) is 39. The maximum atomic E-state index is 12.8. The quantitative estimate of drug-likeness (QED) is 0.0346. The van der Waals surface area contributed by atoms with Crippen molar-refractivity contribution in [3.05, 3.63) is 24.3 Å². The normalized spacial score (nSPS) is 12.2. The average Bonchev–Trinajstić information content (AvgIpc) is 3.30. The van der Waals surface area contributed by atoms with Gasteiger partial charge in [-0.3, -0.25) is 9.59 Å². The first kappa shape index (κ1) is 62.4. The molecule has 64 heavy (non-hydrogen) atoms. The molecule has 0 spiro atoms. The van der Waals surface area contributed by atoms with Gasteiger partial charge in [0.25, 0.3) is 0 Å². The molecule has 5 nitrogen and oxygen atoms in total. The first-order valence-electron chi connectivity index (χ1n) is 28.9. The van der Waals surface area contributed by atoms with Crippen LogP contribution in [0, 0.1) is 0 Å². The van der Waals surface area contributed by atoms with Crippen molar-refractivity contribution in [2.75, 3.05) is 19.8 Å². The van der Waals surface area contributed by atoms with Crippen molar-refractivity contribution in [2.24, 2.45) is 0 Å². The van der Waals surface area contributed by atoms with Gasteiger partial charge in [0.15, 0.2) is 6.10 Å². The van der Waals surface area contributed by atoms with E-state index in [4.69, 9.17) is 14.2 Å². The minimum absolute atomic E-state index is 0.0886. The van der Waals surface area contributed by atoms with Gasteiger partial charge in [0.2, 0.25) is 0 Å². The minimum atomic E-state index is -0.534. The summed E-state index contributed by atoms with van der Waals surface area (Å²) in [6.07, 6.45) is 66.3. The zero-order chi connectivity index (χ0) is 46.3. The number of ether oxygens (including phenoxy) is 3. The highest BCUT2D eigenvalue weighted by Crippen LogP contribution is 2.16. The van der Waals surface area contributed by atoms with Gasteiger partial charge >= 0.3 is 11.9 Å². The minimum Gasteiger partial charge on any atom is -0.462 e. The topological polar surface area (TPSA) is 61.8 Å². The lowest BCUT2D eigenvalue weighted by Gasteiger charge is -2.18. The van der Waals surface area contributed by atoms with Gasteiger partial charge < -0.3 is 14.2 Å². The third-order valence-electron chi connectivity index (χ3n) is 13.0. The molecule has 0 saturated heterocycles. The molecule has 0 aliphatic rings. The Kier molecular flexibility index (Phi) is 54.3.